The highest BCUT2D eigenvalue weighted by Crippen LogP contribution is 2.31. The molecular formula is C13H18Cl2N2O. The van der Waals surface area contributed by atoms with E-state index in [-0.39, 0.29) is 5.75 Å². The minimum absolute atomic E-state index is 0.132. The fourth-order valence-electron chi connectivity index (χ4n) is 2.38. The van der Waals surface area contributed by atoms with Crippen LogP contribution in [0.3, 0.4) is 0 Å². The van der Waals surface area contributed by atoms with Gasteiger partial charge in [-0.05, 0) is 38.6 Å². The van der Waals surface area contributed by atoms with Crippen molar-refractivity contribution in [1.82, 2.24) is 10.2 Å². The van der Waals surface area contributed by atoms with Crippen molar-refractivity contribution in [3.63, 3.8) is 0 Å². The molecule has 1 unspecified atom stereocenters. The maximum Gasteiger partial charge on any atom is 0.138 e. The van der Waals surface area contributed by atoms with E-state index in [1.165, 1.54) is 12.8 Å². The molecule has 1 atom stereocenters. The second-order valence-electron chi connectivity index (χ2n) is 4.89. The number of benzene rings is 1. The van der Waals surface area contributed by atoms with E-state index in [9.17, 15) is 5.11 Å². The number of aromatic hydroxyl groups is 1. The molecule has 1 aliphatic rings. The molecule has 0 bridgehead atoms. The second kappa shape index (κ2) is 6.11. The highest BCUT2D eigenvalue weighted by molar-refractivity contribution is 6.35. The molecule has 100 valence electrons. The van der Waals surface area contributed by atoms with Crippen molar-refractivity contribution in [3.8, 4) is 5.75 Å². The van der Waals surface area contributed by atoms with Crippen molar-refractivity contribution in [2.75, 3.05) is 20.1 Å². The van der Waals surface area contributed by atoms with Crippen LogP contribution in [0.15, 0.2) is 12.1 Å². The lowest BCUT2D eigenvalue weighted by molar-refractivity contribution is 0.289. The van der Waals surface area contributed by atoms with E-state index in [2.05, 4.69) is 10.2 Å². The monoisotopic (exact) mass is 288 g/mol. The van der Waals surface area contributed by atoms with Gasteiger partial charge in [-0.15, -0.1) is 0 Å². The summed E-state index contributed by atoms with van der Waals surface area (Å²) >= 11 is 11.9. The zero-order chi connectivity index (χ0) is 13.1. The van der Waals surface area contributed by atoms with Gasteiger partial charge in [0, 0.05) is 29.7 Å². The average Bonchev–Trinajstić information content (AvgIpc) is 2.77. The SMILES string of the molecule is CN(Cc1cc(Cl)cc(Cl)c1O)CC1CCCN1. The molecule has 0 spiro atoms. The Balaban J connectivity index is 1.99. The number of rotatable bonds is 4. The number of likely N-dealkylation sites (N-methyl/N-ethyl adjacent to an activating group) is 1. The number of phenols is 1. The Labute approximate surface area is 118 Å². The first-order chi connectivity index (χ1) is 8.56. The fraction of sp³-hybridized carbons (Fsp3) is 0.538. The lowest BCUT2D eigenvalue weighted by Crippen LogP contribution is -2.34. The Kier molecular flexibility index (Phi) is 4.73. The first-order valence-electron chi connectivity index (χ1n) is 6.15. The average molecular weight is 289 g/mol. The number of nitrogens with zero attached hydrogens (tertiary/aromatic N) is 1. The van der Waals surface area contributed by atoms with E-state index >= 15 is 0 Å². The molecule has 18 heavy (non-hydrogen) atoms. The molecule has 1 aliphatic heterocycles. The fourth-order valence-corrected chi connectivity index (χ4v) is 2.92. The van der Waals surface area contributed by atoms with Crippen molar-refractivity contribution in [2.45, 2.75) is 25.4 Å². The van der Waals surface area contributed by atoms with Gasteiger partial charge in [0.2, 0.25) is 0 Å². The van der Waals surface area contributed by atoms with Gasteiger partial charge >= 0.3 is 0 Å². The quantitative estimate of drug-likeness (QED) is 0.894. The molecule has 3 nitrogen and oxygen atoms in total. The summed E-state index contributed by atoms with van der Waals surface area (Å²) in [5.41, 5.74) is 0.771. The van der Waals surface area contributed by atoms with Crippen molar-refractivity contribution in [2.24, 2.45) is 0 Å². The standard InChI is InChI=1S/C13H18Cl2N2O/c1-17(8-11-3-2-4-16-11)7-9-5-10(14)6-12(15)13(9)18/h5-6,11,16,18H,2-4,7-8H2,1H3. The summed E-state index contributed by atoms with van der Waals surface area (Å²) < 4.78 is 0. The van der Waals surface area contributed by atoms with E-state index in [1.807, 2.05) is 7.05 Å². The molecule has 5 heteroatoms. The number of hydrogen-bond acceptors (Lipinski definition) is 3. The molecule has 1 saturated heterocycles. The number of hydrogen-bond donors (Lipinski definition) is 2. The maximum absolute atomic E-state index is 9.90. The van der Waals surface area contributed by atoms with Crippen LogP contribution in [0.2, 0.25) is 10.0 Å². The van der Waals surface area contributed by atoms with Crippen LogP contribution >= 0.6 is 23.2 Å². The molecule has 1 fully saturated rings. The van der Waals surface area contributed by atoms with E-state index in [0.717, 1.165) is 18.7 Å². The van der Waals surface area contributed by atoms with Gasteiger partial charge in [0.1, 0.15) is 5.75 Å². The molecule has 2 rings (SSSR count). The normalized spacial score (nSPS) is 19.7. The zero-order valence-electron chi connectivity index (χ0n) is 10.4. The van der Waals surface area contributed by atoms with E-state index in [4.69, 9.17) is 23.2 Å². The largest absolute Gasteiger partial charge is 0.506 e. The van der Waals surface area contributed by atoms with Gasteiger partial charge in [-0.1, -0.05) is 23.2 Å². The maximum atomic E-state index is 9.90. The first-order valence-corrected chi connectivity index (χ1v) is 6.90. The molecule has 0 aromatic heterocycles. The van der Waals surface area contributed by atoms with Gasteiger partial charge in [-0.25, -0.2) is 0 Å². The second-order valence-corrected chi connectivity index (χ2v) is 5.73. The van der Waals surface area contributed by atoms with Gasteiger partial charge in [-0.2, -0.15) is 0 Å². The van der Waals surface area contributed by atoms with Gasteiger partial charge in [0.15, 0.2) is 0 Å². The van der Waals surface area contributed by atoms with Crippen LogP contribution < -0.4 is 5.32 Å². The molecule has 0 amide bonds. The minimum Gasteiger partial charge on any atom is -0.506 e. The highest BCUT2D eigenvalue weighted by atomic mass is 35.5. The van der Waals surface area contributed by atoms with Gasteiger partial charge < -0.3 is 15.3 Å². The summed E-state index contributed by atoms with van der Waals surface area (Å²) in [6, 6.07) is 3.87. The molecule has 1 heterocycles. The third kappa shape index (κ3) is 3.51. The van der Waals surface area contributed by atoms with Crippen molar-refractivity contribution in [1.29, 1.82) is 0 Å². The highest BCUT2D eigenvalue weighted by Gasteiger charge is 2.17. The topological polar surface area (TPSA) is 35.5 Å². The summed E-state index contributed by atoms with van der Waals surface area (Å²) in [4.78, 5) is 2.17. The van der Waals surface area contributed by atoms with Crippen LogP contribution in [-0.4, -0.2) is 36.2 Å². The summed E-state index contributed by atoms with van der Waals surface area (Å²) in [5.74, 6) is 0.132. The number of halogens is 2. The van der Waals surface area contributed by atoms with E-state index in [1.54, 1.807) is 12.1 Å². The Morgan fingerprint density at radius 1 is 1.44 bits per heavy atom. The third-order valence-corrected chi connectivity index (χ3v) is 3.75. The number of phenolic OH excluding ortho intramolecular Hbond substituents is 1. The lowest BCUT2D eigenvalue weighted by Gasteiger charge is -2.21. The van der Waals surface area contributed by atoms with Crippen LogP contribution in [0.1, 0.15) is 18.4 Å². The molecule has 1 aromatic rings. The summed E-state index contributed by atoms with van der Waals surface area (Å²) in [5, 5.41) is 14.2. The van der Waals surface area contributed by atoms with E-state index < -0.39 is 0 Å². The smallest absolute Gasteiger partial charge is 0.138 e. The summed E-state index contributed by atoms with van der Waals surface area (Å²) in [6.45, 7) is 2.71. The van der Waals surface area contributed by atoms with Crippen LogP contribution in [0.5, 0.6) is 5.75 Å². The van der Waals surface area contributed by atoms with Gasteiger partial charge in [0.25, 0.3) is 0 Å². The molecule has 2 N–H and O–H groups in total. The van der Waals surface area contributed by atoms with Crippen LogP contribution in [0.4, 0.5) is 0 Å². The Morgan fingerprint density at radius 3 is 2.89 bits per heavy atom. The Hall–Kier alpha value is -0.480. The van der Waals surface area contributed by atoms with Crippen LogP contribution in [0.25, 0.3) is 0 Å². The number of nitrogens with one attached hydrogen (secondary N) is 1. The zero-order valence-corrected chi connectivity index (χ0v) is 11.9. The molecule has 1 aromatic carbocycles. The first kappa shape index (κ1) is 13.9. The summed E-state index contributed by atoms with van der Waals surface area (Å²) in [7, 11) is 2.04. The van der Waals surface area contributed by atoms with Gasteiger partial charge in [-0.3, -0.25) is 0 Å². The van der Waals surface area contributed by atoms with Gasteiger partial charge in [0.05, 0.1) is 5.02 Å². The molecular weight excluding hydrogens is 271 g/mol. The summed E-state index contributed by atoms with van der Waals surface area (Å²) in [6.07, 6.45) is 2.46. The Morgan fingerprint density at radius 2 is 2.22 bits per heavy atom. The predicted molar refractivity (Wildman–Crippen MR) is 75.5 cm³/mol. The Bertz CT molecular complexity index is 420. The van der Waals surface area contributed by atoms with Crippen molar-refractivity contribution in [3.05, 3.63) is 27.7 Å². The minimum atomic E-state index is 0.132. The van der Waals surface area contributed by atoms with Crippen molar-refractivity contribution >= 4 is 23.2 Å². The van der Waals surface area contributed by atoms with Crippen molar-refractivity contribution < 1.29 is 5.11 Å². The third-order valence-electron chi connectivity index (χ3n) is 3.24. The molecule has 0 radical (unpaired) electrons. The van der Waals surface area contributed by atoms with Crippen LogP contribution in [0, 0.1) is 0 Å². The molecule has 0 saturated carbocycles. The lowest BCUT2D eigenvalue weighted by atomic mass is 10.1. The predicted octanol–water partition coefficient (Wildman–Crippen LogP) is 2.88. The van der Waals surface area contributed by atoms with Crippen LogP contribution in [-0.2, 0) is 6.54 Å². The molecule has 0 aliphatic carbocycles. The van der Waals surface area contributed by atoms with E-state index in [0.29, 0.717) is 22.6 Å².